The zero-order valence-corrected chi connectivity index (χ0v) is 18.5. The molecule has 0 amide bonds. The van der Waals surface area contributed by atoms with Gasteiger partial charge in [0, 0.05) is 40.9 Å². The van der Waals surface area contributed by atoms with Gasteiger partial charge >= 0.3 is 0 Å². The molecule has 7 heteroatoms. The van der Waals surface area contributed by atoms with Gasteiger partial charge in [0.2, 0.25) is 0 Å². The van der Waals surface area contributed by atoms with Crippen molar-refractivity contribution in [2.45, 2.75) is 50.6 Å². The van der Waals surface area contributed by atoms with Gasteiger partial charge in [-0.25, -0.2) is 4.98 Å². The molecule has 0 spiro atoms. The predicted molar refractivity (Wildman–Crippen MR) is 128 cm³/mol. The van der Waals surface area contributed by atoms with Crippen LogP contribution in [0.25, 0.3) is 28.0 Å². The molecule has 1 unspecified atom stereocenters. The molecule has 3 atom stereocenters. The van der Waals surface area contributed by atoms with E-state index in [9.17, 15) is 4.79 Å². The van der Waals surface area contributed by atoms with Crippen LogP contribution in [0.4, 0.5) is 5.82 Å². The Bertz CT molecular complexity index is 1330. The van der Waals surface area contributed by atoms with Crippen molar-refractivity contribution in [3.8, 4) is 22.4 Å². The lowest BCUT2D eigenvalue weighted by atomic mass is 9.86. The van der Waals surface area contributed by atoms with E-state index in [0.29, 0.717) is 29.1 Å². The molecule has 7 nitrogen and oxygen atoms in total. The first-order valence-electron chi connectivity index (χ1n) is 11.5. The summed E-state index contributed by atoms with van der Waals surface area (Å²) in [7, 11) is 0. The van der Waals surface area contributed by atoms with E-state index in [-0.39, 0.29) is 11.7 Å². The zero-order valence-electron chi connectivity index (χ0n) is 18.5. The van der Waals surface area contributed by atoms with Gasteiger partial charge in [0.1, 0.15) is 5.82 Å². The third-order valence-corrected chi connectivity index (χ3v) is 7.07. The summed E-state index contributed by atoms with van der Waals surface area (Å²) in [4.78, 5) is 22.3. The Morgan fingerprint density at radius 3 is 2.45 bits per heavy atom. The van der Waals surface area contributed by atoms with Crippen molar-refractivity contribution in [1.82, 2.24) is 24.9 Å². The Morgan fingerprint density at radius 1 is 1.03 bits per heavy atom. The van der Waals surface area contributed by atoms with E-state index in [4.69, 9.17) is 10.7 Å². The fourth-order valence-electron chi connectivity index (χ4n) is 5.51. The van der Waals surface area contributed by atoms with Crippen LogP contribution in [0, 0.1) is 0 Å². The number of hydrogen-bond donors (Lipinski definition) is 2. The minimum absolute atomic E-state index is 0.0614. The van der Waals surface area contributed by atoms with Crippen LogP contribution in [-0.2, 0) is 0 Å². The number of nitrogens with one attached hydrogen (secondary N) is 1. The topological polar surface area (TPSA) is 98.2 Å². The molecular formula is C26H26N6O. The summed E-state index contributed by atoms with van der Waals surface area (Å²) >= 11 is 0. The number of carbonyl (C=O) groups is 1. The number of Topliss-reactive ketones (excluding diaryl/α,β-unsaturated/α-hetero) is 1. The second-order valence-electron chi connectivity index (χ2n) is 9.21. The lowest BCUT2D eigenvalue weighted by Gasteiger charge is -2.30. The first-order valence-corrected chi connectivity index (χ1v) is 11.5. The summed E-state index contributed by atoms with van der Waals surface area (Å²) in [5.41, 5.74) is 12.3. The Morgan fingerprint density at radius 2 is 1.79 bits per heavy atom. The first-order chi connectivity index (χ1) is 16.1. The number of pyridine rings is 1. The van der Waals surface area contributed by atoms with Crippen LogP contribution in [0.1, 0.15) is 54.6 Å². The summed E-state index contributed by atoms with van der Waals surface area (Å²) in [6, 6.07) is 15.1. The number of nitrogens with zero attached hydrogens (tertiary/aromatic N) is 4. The van der Waals surface area contributed by atoms with Crippen LogP contribution < -0.4 is 11.1 Å². The number of ketones is 1. The van der Waals surface area contributed by atoms with Crippen LogP contribution >= 0.6 is 0 Å². The molecule has 3 N–H and O–H groups in total. The van der Waals surface area contributed by atoms with Gasteiger partial charge < -0.3 is 11.1 Å². The fourth-order valence-corrected chi connectivity index (χ4v) is 5.51. The van der Waals surface area contributed by atoms with Crippen LogP contribution in [0.15, 0.2) is 54.9 Å². The second kappa shape index (κ2) is 7.78. The average molecular weight is 439 g/mol. The zero-order chi connectivity index (χ0) is 22.5. The number of aromatic nitrogens is 4. The number of benzene rings is 1. The number of rotatable bonds is 4. The molecule has 4 aromatic rings. The number of fused-ring (bicyclic) bond motifs is 3. The van der Waals surface area contributed by atoms with Crippen molar-refractivity contribution >= 4 is 17.2 Å². The van der Waals surface area contributed by atoms with Gasteiger partial charge in [-0.3, -0.25) is 9.78 Å². The maximum Gasteiger partial charge on any atom is 0.165 e. The van der Waals surface area contributed by atoms with E-state index in [0.717, 1.165) is 40.9 Å². The number of carbonyl (C=O) groups excluding carboxylic acids is 1. The van der Waals surface area contributed by atoms with Crippen molar-refractivity contribution in [2.75, 3.05) is 5.73 Å². The quantitative estimate of drug-likeness (QED) is 0.463. The molecule has 2 fully saturated rings. The molecule has 0 aliphatic carbocycles. The van der Waals surface area contributed by atoms with Gasteiger partial charge in [-0.1, -0.05) is 36.4 Å². The van der Waals surface area contributed by atoms with Gasteiger partial charge in [0.05, 0.1) is 23.1 Å². The second-order valence-corrected chi connectivity index (χ2v) is 9.21. The number of anilines is 1. The highest BCUT2D eigenvalue weighted by Crippen LogP contribution is 2.40. The van der Waals surface area contributed by atoms with Gasteiger partial charge in [0.25, 0.3) is 0 Å². The molecule has 6 rings (SSSR count). The summed E-state index contributed by atoms with van der Waals surface area (Å²) in [6.07, 6.45) is 7.95. The number of hydrogen-bond acceptors (Lipinski definition) is 6. The third kappa shape index (κ3) is 3.40. The predicted octanol–water partition coefficient (Wildman–Crippen LogP) is 4.24. The van der Waals surface area contributed by atoms with Gasteiger partial charge in [-0.2, -0.15) is 9.61 Å². The summed E-state index contributed by atoms with van der Waals surface area (Å²) in [5.74, 6) is 0.526. The summed E-state index contributed by atoms with van der Waals surface area (Å²) in [5, 5.41) is 8.16. The van der Waals surface area contributed by atoms with Gasteiger partial charge in [0.15, 0.2) is 11.4 Å². The summed E-state index contributed by atoms with van der Waals surface area (Å²) < 4.78 is 1.59. The van der Waals surface area contributed by atoms with E-state index < -0.39 is 0 Å². The van der Waals surface area contributed by atoms with E-state index in [1.54, 1.807) is 17.6 Å². The molecule has 2 aliphatic rings. The Hall–Kier alpha value is -3.58. The first kappa shape index (κ1) is 20.1. The largest absolute Gasteiger partial charge is 0.383 e. The molecule has 3 aromatic heterocycles. The highest BCUT2D eigenvalue weighted by molar-refractivity contribution is 6.00. The molecule has 0 radical (unpaired) electrons. The minimum atomic E-state index is -0.0614. The molecule has 2 bridgehead atoms. The van der Waals surface area contributed by atoms with Crippen molar-refractivity contribution in [1.29, 1.82) is 0 Å². The van der Waals surface area contributed by atoms with Gasteiger partial charge in [-0.15, -0.1) is 0 Å². The molecular weight excluding hydrogens is 412 g/mol. The number of nitrogens with two attached hydrogens (primary N) is 1. The maximum atomic E-state index is 12.6. The van der Waals surface area contributed by atoms with Crippen LogP contribution in [0.2, 0.25) is 0 Å². The van der Waals surface area contributed by atoms with Gasteiger partial charge in [-0.05, 0) is 38.7 Å². The van der Waals surface area contributed by atoms with Crippen molar-refractivity contribution < 1.29 is 4.79 Å². The van der Waals surface area contributed by atoms with Crippen LogP contribution in [0.3, 0.4) is 0 Å². The molecule has 1 aromatic carbocycles. The number of nitrogen functional groups attached to an aromatic ring is 1. The van der Waals surface area contributed by atoms with Crippen LogP contribution in [-0.4, -0.2) is 37.4 Å². The van der Waals surface area contributed by atoms with Crippen molar-refractivity contribution in [2.24, 2.45) is 0 Å². The van der Waals surface area contributed by atoms with Crippen molar-refractivity contribution in [3.63, 3.8) is 0 Å². The average Bonchev–Trinajstić information content (AvgIpc) is 3.42. The lowest BCUT2D eigenvalue weighted by Crippen LogP contribution is -2.38. The smallest absolute Gasteiger partial charge is 0.165 e. The highest BCUT2D eigenvalue weighted by Gasteiger charge is 2.37. The van der Waals surface area contributed by atoms with E-state index in [2.05, 4.69) is 15.4 Å². The van der Waals surface area contributed by atoms with E-state index in [1.807, 2.05) is 48.7 Å². The molecule has 0 saturated carbocycles. The molecule has 2 saturated heterocycles. The highest BCUT2D eigenvalue weighted by atomic mass is 16.1. The monoisotopic (exact) mass is 438 g/mol. The maximum absolute atomic E-state index is 12.6. The minimum Gasteiger partial charge on any atom is -0.383 e. The number of piperidine rings is 1. The SMILES string of the molecule is CC(=O)c1c(C2C[C@H]3CC[C@@H](C2)N3)nc2c(-c3ccc(-c4ccccc4)nc3)cnn2c1N. The standard InChI is InChI=1S/C26H26N6O/c1-15(33)23-24(18-11-19-8-9-20(12-18)30-19)31-26-21(14-29-32(26)25(23)27)17-7-10-22(28-13-17)16-5-3-2-4-6-16/h2-7,10,13-14,18-20,30H,8-9,11-12,27H2,1H3/t18?,19-,20+. The Balaban J connectivity index is 1.45. The normalized spacial score (nSPS) is 22.0. The fraction of sp³-hybridized carbons (Fsp3) is 0.308. The third-order valence-electron chi connectivity index (χ3n) is 7.07. The van der Waals surface area contributed by atoms with E-state index in [1.165, 1.54) is 12.8 Å². The van der Waals surface area contributed by atoms with Crippen LogP contribution in [0.5, 0.6) is 0 Å². The molecule has 2 aliphatic heterocycles. The Kier molecular flexibility index (Phi) is 4.73. The summed E-state index contributed by atoms with van der Waals surface area (Å²) in [6.45, 7) is 1.56. The van der Waals surface area contributed by atoms with E-state index >= 15 is 0 Å². The molecule has 33 heavy (non-hydrogen) atoms. The lowest BCUT2D eigenvalue weighted by molar-refractivity contribution is 0.101. The van der Waals surface area contributed by atoms with Crippen molar-refractivity contribution in [3.05, 3.63) is 66.1 Å². The molecule has 166 valence electrons. The molecule has 5 heterocycles. The Labute approximate surface area is 192 Å².